The second-order valence-corrected chi connectivity index (χ2v) is 6.72. The Labute approximate surface area is 154 Å². The third-order valence-corrected chi connectivity index (χ3v) is 4.36. The van der Waals surface area contributed by atoms with Crippen molar-refractivity contribution < 1.29 is 18.3 Å². The maximum absolute atomic E-state index is 14.0. The van der Waals surface area contributed by atoms with Gasteiger partial charge in [-0.25, -0.2) is 8.78 Å². The fraction of sp³-hybridized carbons (Fsp3) is 0.316. The van der Waals surface area contributed by atoms with Gasteiger partial charge in [0.1, 0.15) is 17.4 Å². The molecular formula is C19H20BrF2NO2. The minimum Gasteiger partial charge on any atom is -0.490 e. The van der Waals surface area contributed by atoms with E-state index in [1.165, 1.54) is 12.1 Å². The number of ether oxygens (including phenoxy) is 1. The first kappa shape index (κ1) is 19.4. The quantitative estimate of drug-likeness (QED) is 0.646. The molecule has 0 saturated heterocycles. The van der Waals surface area contributed by atoms with Crippen molar-refractivity contribution in [3.8, 4) is 5.75 Å². The molecule has 0 spiro atoms. The zero-order valence-electron chi connectivity index (χ0n) is 14.3. The fourth-order valence-corrected chi connectivity index (χ4v) is 2.78. The Morgan fingerprint density at radius 2 is 2.00 bits per heavy atom. The highest BCUT2D eigenvalue weighted by Gasteiger charge is 2.20. The van der Waals surface area contributed by atoms with Gasteiger partial charge >= 0.3 is 0 Å². The minimum atomic E-state index is -0.627. The van der Waals surface area contributed by atoms with E-state index >= 15 is 0 Å². The number of nitrogens with one attached hydrogen (secondary N) is 1. The van der Waals surface area contributed by atoms with Crippen LogP contribution in [-0.4, -0.2) is 12.0 Å². The van der Waals surface area contributed by atoms with E-state index in [4.69, 9.17) is 4.74 Å². The molecule has 0 saturated carbocycles. The summed E-state index contributed by atoms with van der Waals surface area (Å²) in [5.74, 6) is -1.52. The summed E-state index contributed by atoms with van der Waals surface area (Å²) in [4.78, 5) is 12.6. The predicted octanol–water partition coefficient (Wildman–Crippen LogP) is 5.86. The lowest BCUT2D eigenvalue weighted by Crippen LogP contribution is -2.18. The average Bonchev–Trinajstić information content (AvgIpc) is 2.54. The fourth-order valence-electron chi connectivity index (χ4n) is 2.46. The second-order valence-electron chi connectivity index (χ2n) is 5.87. The van der Waals surface area contributed by atoms with Crippen LogP contribution in [0.3, 0.4) is 0 Å². The number of rotatable bonds is 6. The maximum atomic E-state index is 14.0. The largest absolute Gasteiger partial charge is 0.490 e. The van der Waals surface area contributed by atoms with Gasteiger partial charge in [-0.2, -0.15) is 0 Å². The number of halogens is 3. The smallest absolute Gasteiger partial charge is 0.259 e. The summed E-state index contributed by atoms with van der Waals surface area (Å²) in [5.41, 5.74) is 0.669. The molecule has 6 heteroatoms. The van der Waals surface area contributed by atoms with Crippen LogP contribution in [0.2, 0.25) is 0 Å². The van der Waals surface area contributed by atoms with Gasteiger partial charge in [-0.3, -0.25) is 4.79 Å². The van der Waals surface area contributed by atoms with Crippen molar-refractivity contribution >= 4 is 27.5 Å². The van der Waals surface area contributed by atoms with Crippen LogP contribution in [0.1, 0.15) is 42.6 Å². The van der Waals surface area contributed by atoms with Crippen LogP contribution in [0.25, 0.3) is 0 Å². The summed E-state index contributed by atoms with van der Waals surface area (Å²) >= 11 is 3.10. The molecular weight excluding hydrogens is 392 g/mol. The first-order chi connectivity index (χ1) is 11.8. The van der Waals surface area contributed by atoms with Crippen molar-refractivity contribution in [1.82, 2.24) is 0 Å². The summed E-state index contributed by atoms with van der Waals surface area (Å²) in [6.07, 6.45) is 1.58. The lowest BCUT2D eigenvalue weighted by Gasteiger charge is -2.18. The Hall–Kier alpha value is -1.95. The Morgan fingerprint density at radius 3 is 2.64 bits per heavy atom. The Bertz CT molecular complexity index is 760. The molecule has 0 aromatic heterocycles. The molecule has 2 rings (SSSR count). The van der Waals surface area contributed by atoms with E-state index in [1.54, 1.807) is 19.1 Å². The summed E-state index contributed by atoms with van der Waals surface area (Å²) in [5, 5.41) is 2.51. The molecule has 1 unspecified atom stereocenters. The number of carbonyl (C=O) groups excluding carboxylic acids is 1. The van der Waals surface area contributed by atoms with E-state index in [2.05, 4.69) is 21.2 Å². The summed E-state index contributed by atoms with van der Waals surface area (Å²) in [6.45, 7) is 5.58. The Morgan fingerprint density at radius 1 is 1.28 bits per heavy atom. The van der Waals surface area contributed by atoms with Gasteiger partial charge in [0, 0.05) is 0 Å². The van der Waals surface area contributed by atoms with Crippen molar-refractivity contribution in [2.75, 3.05) is 5.32 Å². The van der Waals surface area contributed by atoms with Crippen molar-refractivity contribution in [1.29, 1.82) is 0 Å². The van der Waals surface area contributed by atoms with Gasteiger partial charge < -0.3 is 10.1 Å². The molecule has 0 fully saturated rings. The number of benzene rings is 2. The molecule has 0 aliphatic heterocycles. The van der Waals surface area contributed by atoms with Crippen LogP contribution in [0.4, 0.5) is 14.5 Å². The topological polar surface area (TPSA) is 38.3 Å². The first-order valence-corrected chi connectivity index (χ1v) is 8.85. The third kappa shape index (κ3) is 4.78. The van der Waals surface area contributed by atoms with Gasteiger partial charge in [-0.15, -0.1) is 0 Å². The number of hydrogen-bond donors (Lipinski definition) is 1. The Kier molecular flexibility index (Phi) is 6.53. The molecule has 0 aliphatic rings. The molecule has 2 aromatic carbocycles. The monoisotopic (exact) mass is 411 g/mol. The van der Waals surface area contributed by atoms with Crippen LogP contribution in [0, 0.1) is 18.6 Å². The highest BCUT2D eigenvalue weighted by Crippen LogP contribution is 2.29. The molecule has 134 valence electrons. The minimum absolute atomic E-state index is 0.0197. The van der Waals surface area contributed by atoms with Gasteiger partial charge in [0.05, 0.1) is 21.8 Å². The number of para-hydroxylation sites is 1. The second kappa shape index (κ2) is 8.43. The van der Waals surface area contributed by atoms with Crippen LogP contribution in [-0.2, 0) is 0 Å². The molecule has 1 N–H and O–H groups in total. The van der Waals surface area contributed by atoms with Gasteiger partial charge in [0.15, 0.2) is 0 Å². The van der Waals surface area contributed by atoms with Crippen LogP contribution in [0.15, 0.2) is 34.8 Å². The summed E-state index contributed by atoms with van der Waals surface area (Å²) in [7, 11) is 0. The predicted molar refractivity (Wildman–Crippen MR) is 98.2 cm³/mol. The van der Waals surface area contributed by atoms with Gasteiger partial charge in [-0.05, 0) is 60.0 Å². The first-order valence-electron chi connectivity index (χ1n) is 8.05. The van der Waals surface area contributed by atoms with Gasteiger partial charge in [0.2, 0.25) is 0 Å². The normalized spacial score (nSPS) is 11.9. The number of anilines is 1. The summed E-state index contributed by atoms with van der Waals surface area (Å²) < 4.78 is 33.9. The lowest BCUT2D eigenvalue weighted by molar-refractivity contribution is 0.101. The number of aryl methyl sites for hydroxylation is 1. The van der Waals surface area contributed by atoms with Crippen molar-refractivity contribution in [3.05, 3.63) is 57.6 Å². The molecule has 0 bridgehead atoms. The standard InChI is InChI=1S/C19H20BrF2NO2/c1-4-6-12(3)25-17-10-14(20)16(22)9-13(17)19(24)23-18-11(2)7-5-8-15(18)21/h5,7-10,12H,4,6H2,1-3H3,(H,23,24). The molecule has 3 nitrogen and oxygen atoms in total. The van der Waals surface area contributed by atoms with Gasteiger partial charge in [0.25, 0.3) is 5.91 Å². The number of carbonyl (C=O) groups is 1. The number of amides is 1. The van der Waals surface area contributed by atoms with E-state index in [-0.39, 0.29) is 27.6 Å². The maximum Gasteiger partial charge on any atom is 0.259 e. The van der Waals surface area contributed by atoms with Crippen molar-refractivity contribution in [3.63, 3.8) is 0 Å². The third-order valence-electron chi connectivity index (χ3n) is 3.75. The zero-order valence-corrected chi connectivity index (χ0v) is 15.9. The average molecular weight is 412 g/mol. The Balaban J connectivity index is 2.36. The van der Waals surface area contributed by atoms with E-state index < -0.39 is 17.5 Å². The van der Waals surface area contributed by atoms with E-state index in [9.17, 15) is 13.6 Å². The zero-order chi connectivity index (χ0) is 18.6. The molecule has 1 amide bonds. The summed E-state index contributed by atoms with van der Waals surface area (Å²) in [6, 6.07) is 7.00. The molecule has 2 aromatic rings. The van der Waals surface area contributed by atoms with Crippen molar-refractivity contribution in [2.24, 2.45) is 0 Å². The van der Waals surface area contributed by atoms with Crippen LogP contribution in [0.5, 0.6) is 5.75 Å². The highest BCUT2D eigenvalue weighted by molar-refractivity contribution is 9.10. The van der Waals surface area contributed by atoms with Crippen LogP contribution >= 0.6 is 15.9 Å². The number of hydrogen-bond acceptors (Lipinski definition) is 2. The molecule has 1 atom stereocenters. The van der Waals surface area contributed by atoms with Gasteiger partial charge in [-0.1, -0.05) is 25.5 Å². The SMILES string of the molecule is CCCC(C)Oc1cc(Br)c(F)cc1C(=O)Nc1c(C)cccc1F. The molecule has 0 radical (unpaired) electrons. The molecule has 0 aliphatic carbocycles. The molecule has 0 heterocycles. The van der Waals surface area contributed by atoms with E-state index in [1.807, 2.05) is 13.8 Å². The lowest BCUT2D eigenvalue weighted by atomic mass is 10.1. The van der Waals surface area contributed by atoms with E-state index in [0.29, 0.717) is 5.56 Å². The van der Waals surface area contributed by atoms with Crippen LogP contribution < -0.4 is 10.1 Å². The van der Waals surface area contributed by atoms with Crippen molar-refractivity contribution in [2.45, 2.75) is 39.7 Å². The highest BCUT2D eigenvalue weighted by atomic mass is 79.9. The molecule has 25 heavy (non-hydrogen) atoms. The van der Waals surface area contributed by atoms with E-state index in [0.717, 1.165) is 18.9 Å².